The maximum atomic E-state index is 13.1. The first kappa shape index (κ1) is 20.9. The van der Waals surface area contributed by atoms with Gasteiger partial charge in [-0.2, -0.15) is 18.4 Å². The molecule has 4 N–H and O–H groups in total. The van der Waals surface area contributed by atoms with Crippen molar-refractivity contribution in [1.82, 2.24) is 15.3 Å². The molecular weight excluding hydrogens is 383 g/mol. The summed E-state index contributed by atoms with van der Waals surface area (Å²) in [6.07, 6.45) is -0.969. The van der Waals surface area contributed by atoms with E-state index in [0.717, 1.165) is 50.4 Å². The Morgan fingerprint density at radius 1 is 1.31 bits per heavy atom. The Balaban J connectivity index is 2.08. The van der Waals surface area contributed by atoms with E-state index in [1.807, 2.05) is 13.1 Å². The minimum absolute atomic E-state index is 0.0475. The van der Waals surface area contributed by atoms with Crippen LogP contribution in [0.3, 0.4) is 0 Å². The number of halogens is 3. The summed E-state index contributed by atoms with van der Waals surface area (Å²) in [5.41, 5.74) is 5.45. The third-order valence-corrected chi connectivity index (χ3v) is 5.30. The van der Waals surface area contributed by atoms with E-state index in [1.165, 1.54) is 0 Å². The van der Waals surface area contributed by atoms with Crippen LogP contribution in [-0.2, 0) is 6.18 Å². The number of benzene rings is 1. The minimum Gasteiger partial charge on any atom is -0.507 e. The molecule has 0 amide bonds. The van der Waals surface area contributed by atoms with Crippen molar-refractivity contribution in [2.24, 2.45) is 5.92 Å². The van der Waals surface area contributed by atoms with E-state index in [2.05, 4.69) is 15.3 Å². The van der Waals surface area contributed by atoms with Gasteiger partial charge in [0.05, 0.1) is 16.8 Å². The fourth-order valence-electron chi connectivity index (χ4n) is 3.93. The Bertz CT molecular complexity index is 937. The molecule has 1 aliphatic carbocycles. The molecule has 9 heteroatoms. The lowest BCUT2D eigenvalue weighted by atomic mass is 9.78. The highest BCUT2D eigenvalue weighted by atomic mass is 19.4. The van der Waals surface area contributed by atoms with Crippen LogP contribution < -0.4 is 11.1 Å². The lowest BCUT2D eigenvalue weighted by molar-refractivity contribution is -0.137. The zero-order chi connectivity index (χ0) is 21.2. The molecule has 1 aromatic carbocycles. The van der Waals surface area contributed by atoms with E-state index in [0.29, 0.717) is 11.6 Å². The largest absolute Gasteiger partial charge is 0.507 e. The van der Waals surface area contributed by atoms with Crippen molar-refractivity contribution < 1.29 is 18.3 Å². The monoisotopic (exact) mass is 405 g/mol. The van der Waals surface area contributed by atoms with E-state index in [-0.39, 0.29) is 34.4 Å². The molecule has 1 saturated carbocycles. The average Bonchev–Trinajstić information content (AvgIpc) is 2.67. The fourth-order valence-corrected chi connectivity index (χ4v) is 3.93. The van der Waals surface area contributed by atoms with Crippen LogP contribution in [0.5, 0.6) is 5.75 Å². The summed E-state index contributed by atoms with van der Waals surface area (Å²) < 4.78 is 39.3. The summed E-state index contributed by atoms with van der Waals surface area (Å²) in [5, 5.41) is 22.8. The van der Waals surface area contributed by atoms with Gasteiger partial charge in [0.15, 0.2) is 5.82 Å². The van der Waals surface area contributed by atoms with Gasteiger partial charge < -0.3 is 16.2 Å². The molecule has 6 nitrogen and oxygen atoms in total. The minimum atomic E-state index is -4.58. The van der Waals surface area contributed by atoms with Crippen LogP contribution in [-0.4, -0.2) is 28.7 Å². The Hall–Kier alpha value is -2.86. The molecule has 1 fully saturated rings. The second-order valence-corrected chi connectivity index (χ2v) is 7.32. The Morgan fingerprint density at radius 3 is 2.72 bits per heavy atom. The quantitative estimate of drug-likeness (QED) is 0.714. The number of rotatable bonds is 4. The maximum Gasteiger partial charge on any atom is 0.416 e. The number of hydrogen-bond donors (Lipinski definition) is 3. The Morgan fingerprint density at radius 2 is 2.07 bits per heavy atom. The highest BCUT2D eigenvalue weighted by Crippen LogP contribution is 2.40. The van der Waals surface area contributed by atoms with Crippen LogP contribution in [0, 0.1) is 17.2 Å². The van der Waals surface area contributed by atoms with E-state index < -0.39 is 11.7 Å². The van der Waals surface area contributed by atoms with Gasteiger partial charge in [0, 0.05) is 5.92 Å². The zero-order valence-corrected chi connectivity index (χ0v) is 15.9. The van der Waals surface area contributed by atoms with E-state index in [4.69, 9.17) is 5.73 Å². The molecule has 2 atom stereocenters. The third-order valence-electron chi connectivity index (χ3n) is 5.30. The molecule has 1 heterocycles. The SMILES string of the molecule is CNCC1CCCC(c2nc(-c3cc(C(F)(F)F)ccc3O)nc(N)c2C#N)C1. The summed E-state index contributed by atoms with van der Waals surface area (Å²) >= 11 is 0. The number of anilines is 1. The number of phenols is 1. The summed E-state index contributed by atoms with van der Waals surface area (Å²) in [7, 11) is 1.88. The normalized spacial score (nSPS) is 19.7. The molecule has 3 rings (SSSR count). The van der Waals surface area contributed by atoms with Crippen molar-refractivity contribution in [2.75, 3.05) is 19.3 Å². The first-order valence-corrected chi connectivity index (χ1v) is 9.37. The molecule has 1 aliphatic rings. The van der Waals surface area contributed by atoms with Gasteiger partial charge in [-0.25, -0.2) is 9.97 Å². The average molecular weight is 405 g/mol. The maximum absolute atomic E-state index is 13.1. The number of hydrogen-bond acceptors (Lipinski definition) is 6. The van der Waals surface area contributed by atoms with Gasteiger partial charge >= 0.3 is 6.18 Å². The molecule has 2 unspecified atom stereocenters. The predicted octanol–water partition coefficient (Wildman–Crippen LogP) is 3.82. The lowest BCUT2D eigenvalue weighted by Crippen LogP contribution is -2.25. The van der Waals surface area contributed by atoms with Gasteiger partial charge in [-0.1, -0.05) is 6.42 Å². The van der Waals surface area contributed by atoms with Crippen molar-refractivity contribution in [3.8, 4) is 23.2 Å². The molecule has 2 aromatic rings. The zero-order valence-electron chi connectivity index (χ0n) is 15.9. The summed E-state index contributed by atoms with van der Waals surface area (Å²) in [5.74, 6) is -0.235. The predicted molar refractivity (Wildman–Crippen MR) is 102 cm³/mol. The van der Waals surface area contributed by atoms with Crippen LogP contribution in [0.4, 0.5) is 19.0 Å². The van der Waals surface area contributed by atoms with Crippen LogP contribution in [0.15, 0.2) is 18.2 Å². The Kier molecular flexibility index (Phi) is 5.94. The fraction of sp³-hybridized carbons (Fsp3) is 0.450. The number of nitrogen functional groups attached to an aromatic ring is 1. The van der Waals surface area contributed by atoms with Crippen molar-refractivity contribution in [3.63, 3.8) is 0 Å². The highest BCUT2D eigenvalue weighted by molar-refractivity contribution is 5.68. The van der Waals surface area contributed by atoms with Gasteiger partial charge in [0.25, 0.3) is 0 Å². The van der Waals surface area contributed by atoms with E-state index in [9.17, 15) is 23.5 Å². The molecule has 0 spiro atoms. The molecule has 0 saturated heterocycles. The topological polar surface area (TPSA) is 108 Å². The summed E-state index contributed by atoms with van der Waals surface area (Å²) in [6, 6.07) is 4.57. The van der Waals surface area contributed by atoms with Crippen LogP contribution in [0.25, 0.3) is 11.4 Å². The van der Waals surface area contributed by atoms with Crippen LogP contribution >= 0.6 is 0 Å². The number of phenolic OH excluding ortho intramolecular Hbond substituents is 1. The van der Waals surface area contributed by atoms with Gasteiger partial charge in [-0.15, -0.1) is 0 Å². The number of nitrogens with zero attached hydrogens (tertiary/aromatic N) is 3. The molecule has 0 radical (unpaired) electrons. The molecular formula is C20H22F3N5O. The second kappa shape index (κ2) is 8.25. The number of nitrogens with one attached hydrogen (secondary N) is 1. The van der Waals surface area contributed by atoms with Gasteiger partial charge in [-0.05, 0) is 57.0 Å². The number of nitriles is 1. The summed E-state index contributed by atoms with van der Waals surface area (Å²) in [4.78, 5) is 8.43. The van der Waals surface area contributed by atoms with Gasteiger partial charge in [0.1, 0.15) is 23.2 Å². The van der Waals surface area contributed by atoms with E-state index in [1.54, 1.807) is 0 Å². The van der Waals surface area contributed by atoms with Crippen LogP contribution in [0.1, 0.15) is 48.4 Å². The van der Waals surface area contributed by atoms with Crippen molar-refractivity contribution in [1.29, 1.82) is 5.26 Å². The summed E-state index contributed by atoms with van der Waals surface area (Å²) in [6.45, 7) is 0.834. The Labute approximate surface area is 166 Å². The van der Waals surface area contributed by atoms with Crippen LogP contribution in [0.2, 0.25) is 0 Å². The van der Waals surface area contributed by atoms with Crippen molar-refractivity contribution in [2.45, 2.75) is 37.8 Å². The van der Waals surface area contributed by atoms with Crippen molar-refractivity contribution >= 4 is 5.82 Å². The molecule has 0 aliphatic heterocycles. The number of aromatic hydroxyl groups is 1. The molecule has 1 aromatic heterocycles. The second-order valence-electron chi connectivity index (χ2n) is 7.32. The molecule has 29 heavy (non-hydrogen) atoms. The van der Waals surface area contributed by atoms with Crippen molar-refractivity contribution in [3.05, 3.63) is 35.0 Å². The molecule has 0 bridgehead atoms. The van der Waals surface area contributed by atoms with Gasteiger partial charge in [-0.3, -0.25) is 0 Å². The highest BCUT2D eigenvalue weighted by Gasteiger charge is 2.32. The third kappa shape index (κ3) is 4.43. The first-order valence-electron chi connectivity index (χ1n) is 9.37. The standard InChI is InChI=1S/C20H22F3N5O/c1-26-10-11-3-2-4-12(7-11)17-15(9-24)18(25)28-19(27-17)14-8-13(20(21,22)23)5-6-16(14)29/h5-6,8,11-12,26,29H,2-4,7,10H2,1H3,(H2,25,27,28). The lowest BCUT2D eigenvalue weighted by Gasteiger charge is -2.29. The first-order chi connectivity index (χ1) is 13.7. The van der Waals surface area contributed by atoms with Gasteiger partial charge in [0.2, 0.25) is 0 Å². The smallest absolute Gasteiger partial charge is 0.416 e. The number of aromatic nitrogens is 2. The molecule has 154 valence electrons. The number of alkyl halides is 3. The number of nitrogens with two attached hydrogens (primary N) is 1. The van der Waals surface area contributed by atoms with E-state index >= 15 is 0 Å².